The number of fused-ring (bicyclic) bond motifs is 1. The summed E-state index contributed by atoms with van der Waals surface area (Å²) in [4.78, 5) is 13.6. The highest BCUT2D eigenvalue weighted by atomic mass is 16.5. The largest absolute Gasteiger partial charge is 0.497 e. The van der Waals surface area contributed by atoms with Gasteiger partial charge in [-0.25, -0.2) is 0 Å². The number of benzene rings is 2. The summed E-state index contributed by atoms with van der Waals surface area (Å²) in [6.45, 7) is 1.78. The molecule has 20 heavy (non-hydrogen) atoms. The second-order valence-corrected chi connectivity index (χ2v) is 4.98. The van der Waals surface area contributed by atoms with E-state index in [1.807, 2.05) is 41.3 Å². The molecule has 1 heterocycles. The van der Waals surface area contributed by atoms with Gasteiger partial charge in [0.05, 0.1) is 7.11 Å². The predicted octanol–water partition coefficient (Wildman–Crippen LogP) is 3.09. The Kier molecular flexibility index (Phi) is 3.42. The van der Waals surface area contributed by atoms with E-state index < -0.39 is 0 Å². The Morgan fingerprint density at radius 1 is 1.15 bits per heavy atom. The van der Waals surface area contributed by atoms with Gasteiger partial charge in [0.2, 0.25) is 5.91 Å². The molecule has 1 aliphatic rings. The highest BCUT2D eigenvalue weighted by Gasteiger charge is 2.17. The third kappa shape index (κ3) is 2.52. The first-order chi connectivity index (χ1) is 9.76. The topological polar surface area (TPSA) is 29.5 Å². The molecule has 1 fully saturated rings. The molecule has 0 spiro atoms. The molecular weight excluding hydrogens is 250 g/mol. The van der Waals surface area contributed by atoms with Crippen molar-refractivity contribution in [2.75, 3.05) is 20.2 Å². The molecule has 0 atom stereocenters. The molecule has 102 valence electrons. The first-order valence-electron chi connectivity index (χ1n) is 6.81. The summed E-state index contributed by atoms with van der Waals surface area (Å²) in [5.41, 5.74) is 1.04. The summed E-state index contributed by atoms with van der Waals surface area (Å²) in [5.74, 6) is 0.958. The fourth-order valence-corrected chi connectivity index (χ4v) is 2.28. The minimum Gasteiger partial charge on any atom is -0.497 e. The molecule has 3 rings (SSSR count). The molecule has 0 N–H and O–H groups in total. The molecule has 0 radical (unpaired) electrons. The monoisotopic (exact) mass is 267 g/mol. The highest BCUT2D eigenvalue weighted by molar-refractivity contribution is 5.93. The van der Waals surface area contributed by atoms with Crippen LogP contribution >= 0.6 is 0 Å². The Balaban J connectivity index is 1.81. The van der Waals surface area contributed by atoms with E-state index in [2.05, 4.69) is 6.07 Å². The van der Waals surface area contributed by atoms with Crippen molar-refractivity contribution in [3.05, 3.63) is 48.0 Å². The Morgan fingerprint density at radius 2 is 1.90 bits per heavy atom. The summed E-state index contributed by atoms with van der Waals surface area (Å²) >= 11 is 0. The third-order valence-electron chi connectivity index (χ3n) is 3.66. The number of hydrogen-bond donors (Lipinski definition) is 0. The van der Waals surface area contributed by atoms with Crippen molar-refractivity contribution >= 4 is 22.8 Å². The van der Waals surface area contributed by atoms with E-state index in [-0.39, 0.29) is 5.91 Å². The van der Waals surface area contributed by atoms with Gasteiger partial charge in [0, 0.05) is 19.2 Å². The van der Waals surface area contributed by atoms with E-state index in [1.165, 1.54) is 0 Å². The van der Waals surface area contributed by atoms with Crippen molar-refractivity contribution in [3.8, 4) is 5.75 Å². The number of nitrogens with zero attached hydrogens (tertiary/aromatic N) is 1. The summed E-state index contributed by atoms with van der Waals surface area (Å²) in [6, 6.07) is 12.1. The lowest BCUT2D eigenvalue weighted by atomic mass is 10.1. The van der Waals surface area contributed by atoms with Crippen molar-refractivity contribution in [2.24, 2.45) is 0 Å². The number of ether oxygens (including phenoxy) is 1. The van der Waals surface area contributed by atoms with Crippen LogP contribution in [0.2, 0.25) is 0 Å². The summed E-state index contributed by atoms with van der Waals surface area (Å²) in [5, 5.41) is 2.28. The van der Waals surface area contributed by atoms with Gasteiger partial charge in [0.1, 0.15) is 5.75 Å². The average Bonchev–Trinajstić information content (AvgIpc) is 2.42. The standard InChI is InChI=1S/C17H17NO2/c1-20-16-7-6-14-11-13(3-5-15(14)12-16)4-8-17(19)18-9-2-10-18/h3-8,11-12H,2,9-10H2,1H3. The van der Waals surface area contributed by atoms with Crippen LogP contribution in [0.25, 0.3) is 16.8 Å². The SMILES string of the molecule is COc1ccc2cc(C=CC(=O)N3CCC3)ccc2c1. The number of likely N-dealkylation sites (tertiary alicyclic amines) is 1. The second kappa shape index (κ2) is 5.37. The Bertz CT molecular complexity index is 672. The third-order valence-corrected chi connectivity index (χ3v) is 3.66. The Hall–Kier alpha value is -2.29. The van der Waals surface area contributed by atoms with Gasteiger partial charge < -0.3 is 9.64 Å². The molecule has 1 saturated heterocycles. The molecule has 2 aromatic rings. The van der Waals surface area contributed by atoms with Crippen LogP contribution in [-0.4, -0.2) is 31.0 Å². The minimum absolute atomic E-state index is 0.103. The van der Waals surface area contributed by atoms with Gasteiger partial charge >= 0.3 is 0 Å². The van der Waals surface area contributed by atoms with Crippen molar-refractivity contribution in [3.63, 3.8) is 0 Å². The summed E-state index contributed by atoms with van der Waals surface area (Å²) < 4.78 is 5.21. The maximum absolute atomic E-state index is 11.8. The van der Waals surface area contributed by atoms with Crippen LogP contribution in [-0.2, 0) is 4.79 Å². The highest BCUT2D eigenvalue weighted by Crippen LogP contribution is 2.22. The fraction of sp³-hybridized carbons (Fsp3) is 0.235. The zero-order valence-electron chi connectivity index (χ0n) is 11.5. The molecule has 3 heteroatoms. The molecule has 0 aliphatic carbocycles. The van der Waals surface area contributed by atoms with E-state index in [1.54, 1.807) is 13.2 Å². The van der Waals surface area contributed by atoms with E-state index in [9.17, 15) is 4.79 Å². The Morgan fingerprint density at radius 3 is 2.60 bits per heavy atom. The van der Waals surface area contributed by atoms with Gasteiger partial charge in [-0.3, -0.25) is 4.79 Å². The molecule has 0 bridgehead atoms. The van der Waals surface area contributed by atoms with Crippen LogP contribution < -0.4 is 4.74 Å². The zero-order valence-corrected chi connectivity index (χ0v) is 11.5. The molecule has 0 aromatic heterocycles. The van der Waals surface area contributed by atoms with Crippen molar-refractivity contribution < 1.29 is 9.53 Å². The quantitative estimate of drug-likeness (QED) is 0.800. The van der Waals surface area contributed by atoms with Crippen LogP contribution in [0.1, 0.15) is 12.0 Å². The van der Waals surface area contributed by atoms with E-state index in [4.69, 9.17) is 4.74 Å². The van der Waals surface area contributed by atoms with Crippen LogP contribution in [0.3, 0.4) is 0 Å². The van der Waals surface area contributed by atoms with Crippen molar-refractivity contribution in [1.29, 1.82) is 0 Å². The first kappa shape index (κ1) is 12.7. The number of amides is 1. The fourth-order valence-electron chi connectivity index (χ4n) is 2.28. The smallest absolute Gasteiger partial charge is 0.246 e. The van der Waals surface area contributed by atoms with Crippen molar-refractivity contribution in [2.45, 2.75) is 6.42 Å². The molecule has 1 aliphatic heterocycles. The number of rotatable bonds is 3. The van der Waals surface area contributed by atoms with Crippen LogP contribution in [0.15, 0.2) is 42.5 Å². The van der Waals surface area contributed by atoms with E-state index in [0.717, 1.165) is 41.6 Å². The van der Waals surface area contributed by atoms with Crippen LogP contribution in [0.5, 0.6) is 5.75 Å². The van der Waals surface area contributed by atoms with Gasteiger partial charge in [0.15, 0.2) is 0 Å². The predicted molar refractivity (Wildman–Crippen MR) is 80.7 cm³/mol. The molecule has 2 aromatic carbocycles. The van der Waals surface area contributed by atoms with E-state index in [0.29, 0.717) is 0 Å². The summed E-state index contributed by atoms with van der Waals surface area (Å²) in [7, 11) is 1.67. The second-order valence-electron chi connectivity index (χ2n) is 4.98. The average molecular weight is 267 g/mol. The normalized spacial score (nSPS) is 14.6. The lowest BCUT2D eigenvalue weighted by Gasteiger charge is -2.29. The van der Waals surface area contributed by atoms with Crippen molar-refractivity contribution in [1.82, 2.24) is 4.90 Å². The number of carbonyl (C=O) groups is 1. The zero-order chi connectivity index (χ0) is 13.9. The van der Waals surface area contributed by atoms with Gasteiger partial charge in [-0.05, 0) is 47.0 Å². The maximum atomic E-state index is 11.8. The molecular formula is C17H17NO2. The molecule has 0 unspecified atom stereocenters. The first-order valence-corrected chi connectivity index (χ1v) is 6.81. The van der Waals surface area contributed by atoms with Gasteiger partial charge in [-0.1, -0.05) is 18.2 Å². The number of hydrogen-bond acceptors (Lipinski definition) is 2. The van der Waals surface area contributed by atoms with Crippen LogP contribution in [0, 0.1) is 0 Å². The number of carbonyl (C=O) groups excluding carboxylic acids is 1. The Labute approximate surface area is 118 Å². The molecule has 3 nitrogen and oxygen atoms in total. The van der Waals surface area contributed by atoms with E-state index >= 15 is 0 Å². The molecule has 1 amide bonds. The number of methoxy groups -OCH3 is 1. The lowest BCUT2D eigenvalue weighted by molar-refractivity contribution is -0.129. The maximum Gasteiger partial charge on any atom is 0.246 e. The van der Waals surface area contributed by atoms with Crippen LogP contribution in [0.4, 0.5) is 0 Å². The lowest BCUT2D eigenvalue weighted by Crippen LogP contribution is -2.40. The van der Waals surface area contributed by atoms with Gasteiger partial charge in [-0.15, -0.1) is 0 Å². The van der Waals surface area contributed by atoms with Gasteiger partial charge in [-0.2, -0.15) is 0 Å². The minimum atomic E-state index is 0.103. The molecule has 0 saturated carbocycles. The van der Waals surface area contributed by atoms with Gasteiger partial charge in [0.25, 0.3) is 0 Å². The summed E-state index contributed by atoms with van der Waals surface area (Å²) in [6.07, 6.45) is 4.66.